The van der Waals surface area contributed by atoms with Crippen molar-refractivity contribution in [2.75, 3.05) is 11.5 Å². The van der Waals surface area contributed by atoms with E-state index in [-0.39, 0.29) is 10.9 Å². The molecule has 1 saturated heterocycles. The average molecular weight is 320 g/mol. The number of thioether (sulfide) groups is 1. The van der Waals surface area contributed by atoms with Gasteiger partial charge in [0.2, 0.25) is 15.8 Å². The van der Waals surface area contributed by atoms with Crippen LogP contribution in [0.5, 0.6) is 0 Å². The summed E-state index contributed by atoms with van der Waals surface area (Å²) in [4.78, 5) is 9.31. The fraction of sp³-hybridized carbons (Fsp3) is 0.455. The van der Waals surface area contributed by atoms with E-state index in [0.717, 1.165) is 36.5 Å². The lowest BCUT2D eigenvalue weighted by Crippen LogP contribution is -2.37. The van der Waals surface area contributed by atoms with Crippen LogP contribution >= 0.6 is 11.8 Å². The van der Waals surface area contributed by atoms with E-state index in [1.165, 1.54) is 0 Å². The highest BCUT2D eigenvalue weighted by Gasteiger charge is 2.24. The fourth-order valence-electron chi connectivity index (χ4n) is 1.91. The van der Waals surface area contributed by atoms with E-state index in [1.807, 2.05) is 0 Å². The molecule has 0 atom stereocenters. The van der Waals surface area contributed by atoms with Gasteiger partial charge < -0.3 is 0 Å². The Morgan fingerprint density at radius 2 is 2.00 bits per heavy atom. The van der Waals surface area contributed by atoms with Crippen molar-refractivity contribution in [1.29, 1.82) is 0 Å². The number of nitrogens with one attached hydrogen (secondary N) is 1. The van der Waals surface area contributed by atoms with E-state index in [1.54, 1.807) is 11.8 Å². The number of hydrogen-bond acceptors (Lipinski definition) is 5. The van der Waals surface area contributed by atoms with Crippen molar-refractivity contribution in [3.63, 3.8) is 0 Å². The number of rotatable bonds is 4. The fourth-order valence-corrected chi connectivity index (χ4v) is 4.33. The summed E-state index contributed by atoms with van der Waals surface area (Å²) in [5, 5.41) is 10.5. The summed E-state index contributed by atoms with van der Waals surface area (Å²) < 4.78 is 40.1. The third-order valence-corrected chi connectivity index (χ3v) is 5.54. The lowest BCUT2D eigenvalue weighted by molar-refractivity contribution is -0.387. The summed E-state index contributed by atoms with van der Waals surface area (Å²) in [7, 11) is -3.85. The van der Waals surface area contributed by atoms with E-state index in [4.69, 9.17) is 0 Å². The van der Waals surface area contributed by atoms with Gasteiger partial charge in [0, 0.05) is 18.2 Å². The average Bonchev–Trinajstić information content (AvgIpc) is 2.38. The van der Waals surface area contributed by atoms with E-state index in [9.17, 15) is 22.9 Å². The number of sulfonamides is 1. The van der Waals surface area contributed by atoms with Crippen LogP contribution in [-0.2, 0) is 10.0 Å². The van der Waals surface area contributed by atoms with Crippen LogP contribution in [0.3, 0.4) is 0 Å². The molecule has 1 aliphatic rings. The van der Waals surface area contributed by atoms with Gasteiger partial charge in [-0.25, -0.2) is 13.1 Å². The maximum absolute atomic E-state index is 13.5. The maximum atomic E-state index is 13.5. The third-order valence-electron chi connectivity index (χ3n) is 2.97. The van der Waals surface area contributed by atoms with Crippen molar-refractivity contribution < 1.29 is 17.7 Å². The molecular formula is C11H13FN2O4S2. The molecule has 110 valence electrons. The minimum absolute atomic E-state index is 0.167. The van der Waals surface area contributed by atoms with Crippen LogP contribution in [-0.4, -0.2) is 30.9 Å². The predicted octanol–water partition coefficient (Wildman–Crippen LogP) is 1.91. The van der Waals surface area contributed by atoms with E-state index < -0.39 is 26.5 Å². The normalized spacial score (nSPS) is 17.1. The second-order valence-corrected chi connectivity index (χ2v) is 7.32. The molecule has 1 heterocycles. The third kappa shape index (κ3) is 3.47. The van der Waals surface area contributed by atoms with Crippen molar-refractivity contribution >= 4 is 27.5 Å². The Bertz CT molecular complexity index is 615. The number of halogens is 1. The van der Waals surface area contributed by atoms with Crippen LogP contribution < -0.4 is 4.72 Å². The standard InChI is InChI=1S/C11H13FN2O4S2/c12-10-7-9(1-2-11(10)14(15)16)20(17,18)13-8-3-5-19-6-4-8/h1-2,7-8,13H,3-6H2. The molecule has 1 aromatic rings. The number of nitrogens with zero attached hydrogens (tertiary/aromatic N) is 1. The summed E-state index contributed by atoms with van der Waals surface area (Å²) in [5.41, 5.74) is -0.738. The molecule has 0 radical (unpaired) electrons. The molecule has 0 spiro atoms. The lowest BCUT2D eigenvalue weighted by atomic mass is 10.2. The SMILES string of the molecule is O=[N+]([O-])c1ccc(S(=O)(=O)NC2CCSCC2)cc1F. The van der Waals surface area contributed by atoms with Crippen LogP contribution in [0.1, 0.15) is 12.8 Å². The molecule has 0 saturated carbocycles. The first kappa shape index (κ1) is 15.2. The summed E-state index contributed by atoms with van der Waals surface area (Å²) in [6.07, 6.45) is 1.44. The zero-order valence-corrected chi connectivity index (χ0v) is 12.0. The van der Waals surface area contributed by atoms with Gasteiger partial charge in [0.25, 0.3) is 0 Å². The highest BCUT2D eigenvalue weighted by Crippen LogP contribution is 2.23. The quantitative estimate of drug-likeness (QED) is 0.676. The minimum atomic E-state index is -3.85. The monoisotopic (exact) mass is 320 g/mol. The van der Waals surface area contributed by atoms with Gasteiger partial charge in [-0.05, 0) is 30.4 Å². The first-order valence-electron chi connectivity index (χ1n) is 5.94. The van der Waals surface area contributed by atoms with Gasteiger partial charge in [-0.1, -0.05) is 0 Å². The van der Waals surface area contributed by atoms with Crippen LogP contribution in [0, 0.1) is 15.9 Å². The second-order valence-electron chi connectivity index (χ2n) is 4.38. The van der Waals surface area contributed by atoms with Gasteiger partial charge in [-0.3, -0.25) is 10.1 Å². The highest BCUT2D eigenvalue weighted by atomic mass is 32.2. The Labute approximate surface area is 120 Å². The zero-order valence-electron chi connectivity index (χ0n) is 10.4. The molecule has 0 unspecified atom stereocenters. The van der Waals surface area contributed by atoms with Crippen LogP contribution in [0.2, 0.25) is 0 Å². The van der Waals surface area contributed by atoms with Gasteiger partial charge in [0.15, 0.2) is 0 Å². The number of nitro groups is 1. The van der Waals surface area contributed by atoms with Crippen molar-refractivity contribution in [3.8, 4) is 0 Å². The first-order chi connectivity index (χ1) is 9.40. The molecular weight excluding hydrogens is 307 g/mol. The Kier molecular flexibility index (Phi) is 4.61. The lowest BCUT2D eigenvalue weighted by Gasteiger charge is -2.22. The Balaban J connectivity index is 2.20. The van der Waals surface area contributed by atoms with Crippen LogP contribution in [0.15, 0.2) is 23.1 Å². The summed E-state index contributed by atoms with van der Waals surface area (Å²) >= 11 is 1.76. The summed E-state index contributed by atoms with van der Waals surface area (Å²) in [6, 6.07) is 2.42. The van der Waals surface area contributed by atoms with Gasteiger partial charge >= 0.3 is 5.69 Å². The van der Waals surface area contributed by atoms with Crippen molar-refractivity contribution in [2.45, 2.75) is 23.8 Å². The van der Waals surface area contributed by atoms with Gasteiger partial charge in [0.05, 0.1) is 9.82 Å². The second kappa shape index (κ2) is 6.06. The Hall–Kier alpha value is -1.19. The van der Waals surface area contributed by atoms with Crippen LogP contribution in [0.4, 0.5) is 10.1 Å². The van der Waals surface area contributed by atoms with E-state index in [0.29, 0.717) is 6.07 Å². The summed E-state index contributed by atoms with van der Waals surface area (Å²) in [6.45, 7) is 0. The molecule has 0 aromatic heterocycles. The van der Waals surface area contributed by atoms with Gasteiger partial charge in [-0.15, -0.1) is 0 Å². The minimum Gasteiger partial charge on any atom is -0.258 e. The van der Waals surface area contributed by atoms with Gasteiger partial charge in [-0.2, -0.15) is 16.2 Å². The molecule has 9 heteroatoms. The molecule has 1 aromatic carbocycles. The molecule has 0 bridgehead atoms. The molecule has 0 amide bonds. The largest absolute Gasteiger partial charge is 0.304 e. The molecule has 1 aliphatic heterocycles. The Morgan fingerprint density at radius 1 is 1.35 bits per heavy atom. The summed E-state index contributed by atoms with van der Waals surface area (Å²) in [5.74, 6) is 0.598. The molecule has 1 N–H and O–H groups in total. The topological polar surface area (TPSA) is 89.3 Å². The number of benzene rings is 1. The molecule has 20 heavy (non-hydrogen) atoms. The molecule has 1 fully saturated rings. The van der Waals surface area contributed by atoms with E-state index >= 15 is 0 Å². The molecule has 0 aliphatic carbocycles. The van der Waals surface area contributed by atoms with Crippen molar-refractivity contribution in [2.24, 2.45) is 0 Å². The first-order valence-corrected chi connectivity index (χ1v) is 8.58. The zero-order chi connectivity index (χ0) is 14.8. The predicted molar refractivity (Wildman–Crippen MR) is 73.7 cm³/mol. The highest BCUT2D eigenvalue weighted by molar-refractivity contribution is 7.99. The van der Waals surface area contributed by atoms with Crippen LogP contribution in [0.25, 0.3) is 0 Å². The van der Waals surface area contributed by atoms with Gasteiger partial charge in [0.1, 0.15) is 0 Å². The van der Waals surface area contributed by atoms with Crippen molar-refractivity contribution in [3.05, 3.63) is 34.1 Å². The number of nitro benzene ring substituents is 1. The van der Waals surface area contributed by atoms with E-state index in [2.05, 4.69) is 4.72 Å². The smallest absolute Gasteiger partial charge is 0.258 e. The Morgan fingerprint density at radius 3 is 2.55 bits per heavy atom. The molecule has 2 rings (SSSR count). The number of hydrogen-bond donors (Lipinski definition) is 1. The maximum Gasteiger partial charge on any atom is 0.304 e. The molecule has 6 nitrogen and oxygen atoms in total. The van der Waals surface area contributed by atoms with Crippen molar-refractivity contribution in [1.82, 2.24) is 4.72 Å².